The Hall–Kier alpha value is -5.96. The van der Waals surface area contributed by atoms with Gasteiger partial charge < -0.3 is 28.4 Å². The number of benzene rings is 5. The number of unbranched alkanes of at least 4 members (excludes halogenated alkanes) is 6. The van der Waals surface area contributed by atoms with Gasteiger partial charge in [-0.15, -0.1) is 0 Å². The molecule has 5 aromatic carbocycles. The lowest BCUT2D eigenvalue weighted by Gasteiger charge is -2.29. The van der Waals surface area contributed by atoms with Crippen LogP contribution in [-0.2, 0) is 28.5 Å². The second-order valence-corrected chi connectivity index (χ2v) is 21.9. The zero-order valence-corrected chi connectivity index (χ0v) is 47.2. The summed E-state index contributed by atoms with van der Waals surface area (Å²) in [7, 11) is 0. The molecule has 78 heavy (non-hydrogen) atoms. The number of hydrogen-bond acceptors (Lipinski definition) is 8. The van der Waals surface area contributed by atoms with E-state index in [0.717, 1.165) is 101 Å². The number of hydrogen-bond donors (Lipinski definition) is 0. The summed E-state index contributed by atoms with van der Waals surface area (Å²) in [4.78, 5) is 22.3. The Bertz CT molecular complexity index is 2320. The van der Waals surface area contributed by atoms with Crippen LogP contribution in [0.3, 0.4) is 0 Å². The number of esters is 2. The second kappa shape index (κ2) is 33.5. The molecule has 5 aromatic rings. The van der Waals surface area contributed by atoms with E-state index in [9.17, 15) is 9.59 Å². The lowest BCUT2D eigenvalue weighted by Crippen LogP contribution is -2.15. The van der Waals surface area contributed by atoms with Gasteiger partial charge in [-0.2, -0.15) is 0 Å². The molecule has 8 nitrogen and oxygen atoms in total. The predicted octanol–water partition coefficient (Wildman–Crippen LogP) is 18.0. The van der Waals surface area contributed by atoms with Gasteiger partial charge in [0.1, 0.15) is 11.5 Å². The maximum absolute atomic E-state index is 11.1. The maximum atomic E-state index is 11.1. The molecule has 0 radical (unpaired) electrons. The maximum Gasteiger partial charge on any atom is 0.330 e. The molecular formula is C70H90O8. The summed E-state index contributed by atoms with van der Waals surface area (Å²) in [5.74, 6) is 3.94. The van der Waals surface area contributed by atoms with Gasteiger partial charge in [-0.1, -0.05) is 110 Å². The molecule has 0 spiro atoms. The quantitative estimate of drug-likeness (QED) is 0.0229. The van der Waals surface area contributed by atoms with Gasteiger partial charge in [-0.05, 0) is 235 Å². The molecule has 0 saturated heterocycles. The monoisotopic (exact) mass is 1060 g/mol. The molecular weight excluding hydrogens is 969 g/mol. The highest BCUT2D eigenvalue weighted by atomic mass is 16.5. The van der Waals surface area contributed by atoms with Gasteiger partial charge in [0.15, 0.2) is 0 Å². The minimum atomic E-state index is -0.354. The van der Waals surface area contributed by atoms with Crippen LogP contribution in [0.2, 0.25) is 0 Å². The summed E-state index contributed by atoms with van der Waals surface area (Å²) in [6.45, 7) is 15.1. The highest BCUT2D eigenvalue weighted by Crippen LogP contribution is 2.40. The Kier molecular flexibility index (Phi) is 25.6. The third kappa shape index (κ3) is 20.0. The van der Waals surface area contributed by atoms with E-state index in [-0.39, 0.29) is 24.1 Å². The van der Waals surface area contributed by atoms with Crippen molar-refractivity contribution in [1.82, 2.24) is 0 Å². The van der Waals surface area contributed by atoms with E-state index in [1.807, 2.05) is 0 Å². The van der Waals surface area contributed by atoms with Crippen LogP contribution in [0.4, 0.5) is 0 Å². The van der Waals surface area contributed by atoms with E-state index < -0.39 is 0 Å². The van der Waals surface area contributed by atoms with E-state index in [1.54, 1.807) is 0 Å². The van der Waals surface area contributed by atoms with E-state index in [1.165, 1.54) is 121 Å². The Morgan fingerprint density at radius 1 is 0.423 bits per heavy atom. The fraction of sp³-hybridized carbons (Fsp3) is 0.486. The zero-order chi connectivity index (χ0) is 54.6. The first-order valence-corrected chi connectivity index (χ1v) is 29.8. The van der Waals surface area contributed by atoms with Gasteiger partial charge >= 0.3 is 11.9 Å². The number of carbonyl (C=O) groups excluding carboxylic acids is 2. The van der Waals surface area contributed by atoms with Crippen LogP contribution in [0, 0.1) is 11.8 Å². The summed E-state index contributed by atoms with van der Waals surface area (Å²) in [6.07, 6.45) is 25.2. The zero-order valence-electron chi connectivity index (χ0n) is 47.2. The van der Waals surface area contributed by atoms with Crippen LogP contribution in [0.15, 0.2) is 147 Å². The molecule has 7 rings (SSSR count). The minimum Gasteiger partial charge on any atom is -0.494 e. The fourth-order valence-corrected chi connectivity index (χ4v) is 11.6. The lowest BCUT2D eigenvalue weighted by molar-refractivity contribution is -0.138. The average Bonchev–Trinajstić information content (AvgIpc) is 3.52. The van der Waals surface area contributed by atoms with Gasteiger partial charge in [0.2, 0.25) is 0 Å². The van der Waals surface area contributed by atoms with Gasteiger partial charge in [-0.25, -0.2) is 9.59 Å². The molecule has 0 amide bonds. The van der Waals surface area contributed by atoms with Crippen LogP contribution in [0.1, 0.15) is 189 Å². The van der Waals surface area contributed by atoms with E-state index in [0.29, 0.717) is 38.3 Å². The fourth-order valence-electron chi connectivity index (χ4n) is 11.6. The molecule has 0 N–H and O–H groups in total. The molecule has 8 heteroatoms. The topological polar surface area (TPSA) is 89.5 Å². The smallest absolute Gasteiger partial charge is 0.330 e. The van der Waals surface area contributed by atoms with Gasteiger partial charge in [-0.3, -0.25) is 0 Å². The van der Waals surface area contributed by atoms with Crippen molar-refractivity contribution in [2.45, 2.75) is 166 Å². The molecule has 2 fully saturated rings. The molecule has 0 aliphatic heterocycles. The molecule has 0 aromatic heterocycles. The largest absolute Gasteiger partial charge is 0.494 e. The van der Waals surface area contributed by atoms with Crippen molar-refractivity contribution in [3.05, 3.63) is 169 Å². The summed E-state index contributed by atoms with van der Waals surface area (Å²) < 4.78 is 35.1. The molecule has 0 bridgehead atoms. The van der Waals surface area contributed by atoms with Crippen LogP contribution in [0.25, 0.3) is 22.3 Å². The molecule has 2 saturated carbocycles. The highest BCUT2D eigenvalue weighted by molar-refractivity contribution is 5.81. The molecule has 0 heterocycles. The second-order valence-electron chi connectivity index (χ2n) is 21.9. The SMILES string of the molecule is C=CC(=O)OCCCCCCOc1ccc(-c2ccc(C3CCC(CCCOC(C)c4ccccc4C(C)OCCCC4CCC(c5ccc(-c6ccc(OCCCCCCOC(=O)C=C)cc6)cc5)CC4)CC3)cc2)cc1. The van der Waals surface area contributed by atoms with Crippen molar-refractivity contribution in [3.63, 3.8) is 0 Å². The van der Waals surface area contributed by atoms with Crippen LogP contribution in [0.5, 0.6) is 11.5 Å². The van der Waals surface area contributed by atoms with Crippen molar-refractivity contribution >= 4 is 11.9 Å². The highest BCUT2D eigenvalue weighted by Gasteiger charge is 2.24. The average molecular weight is 1060 g/mol. The van der Waals surface area contributed by atoms with Gasteiger partial charge in [0.05, 0.1) is 38.6 Å². The lowest BCUT2D eigenvalue weighted by atomic mass is 9.77. The normalized spacial score (nSPS) is 18.1. The number of carbonyl (C=O) groups is 2. The van der Waals surface area contributed by atoms with Crippen molar-refractivity contribution in [1.29, 1.82) is 0 Å². The summed E-state index contributed by atoms with van der Waals surface area (Å²) in [5.41, 5.74) is 10.3. The van der Waals surface area contributed by atoms with E-state index >= 15 is 0 Å². The summed E-state index contributed by atoms with van der Waals surface area (Å²) >= 11 is 0. The van der Waals surface area contributed by atoms with Crippen molar-refractivity contribution < 1.29 is 38.0 Å². The van der Waals surface area contributed by atoms with Crippen molar-refractivity contribution in [2.24, 2.45) is 11.8 Å². The number of ether oxygens (including phenoxy) is 6. The Labute approximate surface area is 468 Å². The predicted molar refractivity (Wildman–Crippen MR) is 317 cm³/mol. The van der Waals surface area contributed by atoms with E-state index in [2.05, 4.69) is 148 Å². The van der Waals surface area contributed by atoms with Gasteiger partial charge in [0, 0.05) is 25.4 Å². The molecule has 418 valence electrons. The van der Waals surface area contributed by atoms with Gasteiger partial charge in [0.25, 0.3) is 0 Å². The summed E-state index contributed by atoms with van der Waals surface area (Å²) in [6, 6.07) is 44.1. The van der Waals surface area contributed by atoms with Crippen molar-refractivity contribution in [3.8, 4) is 33.8 Å². The minimum absolute atomic E-state index is 0.0353. The third-order valence-electron chi connectivity index (χ3n) is 16.4. The summed E-state index contributed by atoms with van der Waals surface area (Å²) in [5, 5.41) is 0. The molecule has 2 aliphatic carbocycles. The third-order valence-corrected chi connectivity index (χ3v) is 16.4. The van der Waals surface area contributed by atoms with Crippen LogP contribution < -0.4 is 9.47 Å². The Morgan fingerprint density at radius 2 is 0.756 bits per heavy atom. The van der Waals surface area contributed by atoms with Crippen molar-refractivity contribution in [2.75, 3.05) is 39.6 Å². The Balaban J connectivity index is 0.716. The standard InChI is InChI=1S/C70H90O8/c1-5-69(71)77-49-15-9-7-13-47-75-65-43-39-63(40-44-65)61-35-31-59(32-36-61)57-27-23-55(24-28-57)19-17-51-73-53(3)67-21-11-12-22-68(67)54(4)74-52-18-20-56-25-29-58(30-26-56)60-33-37-62(38-34-60)64-41-45-66(46-42-64)76-48-14-8-10-16-50-78-70(72)6-2/h5-6,11-12,21-22,31-46,53-58H,1-2,7-10,13-20,23-30,47-52H2,3-4H3. The first kappa shape index (κ1) is 59.7. The van der Waals surface area contributed by atoms with E-state index in [4.69, 9.17) is 28.4 Å². The molecule has 2 aliphatic rings. The number of rotatable bonds is 34. The first-order chi connectivity index (χ1) is 38.3. The molecule has 2 atom stereocenters. The Morgan fingerprint density at radius 3 is 1.10 bits per heavy atom. The van der Waals surface area contributed by atoms with Crippen LogP contribution in [-0.4, -0.2) is 51.6 Å². The first-order valence-electron chi connectivity index (χ1n) is 29.8. The molecule has 2 unspecified atom stereocenters. The van der Waals surface area contributed by atoms with Crippen LogP contribution >= 0.6 is 0 Å².